The van der Waals surface area contributed by atoms with Gasteiger partial charge >= 0.3 is 0 Å². The van der Waals surface area contributed by atoms with Crippen LogP contribution in [-0.2, 0) is 9.47 Å². The minimum atomic E-state index is 0.0653. The number of hydrogen-bond acceptors (Lipinski definition) is 2. The molecule has 2 aliphatic rings. The fourth-order valence-corrected chi connectivity index (χ4v) is 4.68. The Morgan fingerprint density at radius 1 is 1.05 bits per heavy atom. The molecular formula is C19H36O2. The van der Waals surface area contributed by atoms with Crippen LogP contribution in [-0.4, -0.2) is 23.9 Å². The Balaban J connectivity index is 1.96. The van der Waals surface area contributed by atoms with Gasteiger partial charge in [-0.05, 0) is 57.3 Å². The molecular weight excluding hydrogens is 260 g/mol. The second-order valence-electron chi connectivity index (χ2n) is 9.03. The third-order valence-electron chi connectivity index (χ3n) is 5.57. The highest BCUT2D eigenvalue weighted by atomic mass is 16.5. The first-order valence-electron chi connectivity index (χ1n) is 8.95. The lowest BCUT2D eigenvalue weighted by Gasteiger charge is -2.31. The molecule has 2 saturated heterocycles. The molecule has 0 aromatic rings. The highest BCUT2D eigenvalue weighted by Gasteiger charge is 2.48. The molecule has 124 valence electrons. The van der Waals surface area contributed by atoms with E-state index in [2.05, 4.69) is 48.5 Å². The summed E-state index contributed by atoms with van der Waals surface area (Å²) < 4.78 is 12.8. The molecule has 0 aliphatic carbocycles. The Morgan fingerprint density at radius 3 is 2.24 bits per heavy atom. The minimum absolute atomic E-state index is 0.0653. The fraction of sp³-hybridized carbons (Fsp3) is 1.00. The van der Waals surface area contributed by atoms with Crippen LogP contribution in [0.15, 0.2) is 0 Å². The van der Waals surface area contributed by atoms with Gasteiger partial charge in [-0.25, -0.2) is 0 Å². The van der Waals surface area contributed by atoms with Crippen LogP contribution in [0.25, 0.3) is 0 Å². The van der Waals surface area contributed by atoms with Gasteiger partial charge in [-0.3, -0.25) is 0 Å². The molecule has 21 heavy (non-hydrogen) atoms. The maximum atomic E-state index is 6.57. The quantitative estimate of drug-likeness (QED) is 0.706. The van der Waals surface area contributed by atoms with Gasteiger partial charge in [0.2, 0.25) is 0 Å². The van der Waals surface area contributed by atoms with E-state index in [4.69, 9.17) is 9.47 Å². The highest BCUT2D eigenvalue weighted by Crippen LogP contribution is 2.46. The van der Waals surface area contributed by atoms with Gasteiger partial charge in [0.25, 0.3) is 0 Å². The first kappa shape index (κ1) is 17.3. The summed E-state index contributed by atoms with van der Waals surface area (Å²) in [7, 11) is 0. The predicted octanol–water partition coefficient (Wildman–Crippen LogP) is 5.06. The van der Waals surface area contributed by atoms with Crippen molar-refractivity contribution < 1.29 is 9.47 Å². The summed E-state index contributed by atoms with van der Waals surface area (Å²) in [5, 5.41) is 0. The summed E-state index contributed by atoms with van der Waals surface area (Å²) in [6, 6.07) is 0. The van der Waals surface area contributed by atoms with E-state index in [1.807, 2.05) is 0 Å². The summed E-state index contributed by atoms with van der Waals surface area (Å²) in [5.74, 6) is 2.64. The summed E-state index contributed by atoms with van der Waals surface area (Å²) in [5.41, 5.74) is 0.137. The van der Waals surface area contributed by atoms with E-state index in [1.54, 1.807) is 0 Å². The van der Waals surface area contributed by atoms with E-state index in [9.17, 15) is 0 Å². The van der Waals surface area contributed by atoms with Crippen molar-refractivity contribution in [2.24, 2.45) is 23.7 Å². The van der Waals surface area contributed by atoms with Crippen molar-refractivity contribution in [1.82, 2.24) is 0 Å². The predicted molar refractivity (Wildman–Crippen MR) is 88.4 cm³/mol. The lowest BCUT2D eigenvalue weighted by Crippen LogP contribution is -2.33. The summed E-state index contributed by atoms with van der Waals surface area (Å²) in [6.45, 7) is 17.0. The summed E-state index contributed by atoms with van der Waals surface area (Å²) in [6.07, 6.45) is 5.10. The molecule has 2 nitrogen and oxygen atoms in total. The summed E-state index contributed by atoms with van der Waals surface area (Å²) in [4.78, 5) is 0. The first-order chi connectivity index (χ1) is 9.63. The van der Waals surface area contributed by atoms with E-state index in [1.165, 1.54) is 19.3 Å². The van der Waals surface area contributed by atoms with Gasteiger partial charge in [-0.2, -0.15) is 0 Å². The van der Waals surface area contributed by atoms with Crippen molar-refractivity contribution >= 4 is 0 Å². The van der Waals surface area contributed by atoms with Gasteiger partial charge in [0.05, 0.1) is 23.9 Å². The zero-order valence-corrected chi connectivity index (χ0v) is 15.2. The molecule has 0 bridgehead atoms. The summed E-state index contributed by atoms with van der Waals surface area (Å²) >= 11 is 0. The second kappa shape index (κ2) is 6.20. The molecule has 5 unspecified atom stereocenters. The molecule has 0 saturated carbocycles. The molecule has 0 aromatic carbocycles. The molecule has 2 aliphatic heterocycles. The van der Waals surface area contributed by atoms with Crippen LogP contribution >= 0.6 is 0 Å². The standard InChI is InChI=1S/C19H36O2/c1-13(2)9-18(6)11-16(12-20-18)17-8-15(5)19(7,21-17)10-14(3)4/h13-17H,8-12H2,1-7H3. The smallest absolute Gasteiger partial charge is 0.0687 e. The Kier molecular flexibility index (Phi) is 5.10. The van der Waals surface area contributed by atoms with Gasteiger partial charge in [-0.1, -0.05) is 34.6 Å². The Hall–Kier alpha value is -0.0800. The molecule has 2 rings (SSSR count). The van der Waals surface area contributed by atoms with Crippen LogP contribution in [0.4, 0.5) is 0 Å². The Labute approximate surface area is 132 Å². The normalized spacial score (nSPS) is 44.1. The van der Waals surface area contributed by atoms with Crippen LogP contribution in [0.2, 0.25) is 0 Å². The number of hydrogen-bond donors (Lipinski definition) is 0. The van der Waals surface area contributed by atoms with Gasteiger partial charge in [0.1, 0.15) is 0 Å². The average Bonchev–Trinajstić information content (AvgIpc) is 2.80. The van der Waals surface area contributed by atoms with Crippen LogP contribution in [0.5, 0.6) is 0 Å². The maximum absolute atomic E-state index is 6.57. The number of ether oxygens (including phenoxy) is 2. The van der Waals surface area contributed by atoms with Crippen LogP contribution in [0, 0.1) is 23.7 Å². The zero-order valence-electron chi connectivity index (χ0n) is 15.2. The molecule has 2 heteroatoms. The Morgan fingerprint density at radius 2 is 1.67 bits per heavy atom. The monoisotopic (exact) mass is 296 g/mol. The topological polar surface area (TPSA) is 18.5 Å². The highest BCUT2D eigenvalue weighted by molar-refractivity contribution is 4.97. The molecule has 2 heterocycles. The van der Waals surface area contributed by atoms with Crippen molar-refractivity contribution in [1.29, 1.82) is 0 Å². The zero-order chi connectivity index (χ0) is 15.8. The number of rotatable bonds is 5. The van der Waals surface area contributed by atoms with Crippen molar-refractivity contribution in [3.05, 3.63) is 0 Å². The van der Waals surface area contributed by atoms with Crippen molar-refractivity contribution in [3.63, 3.8) is 0 Å². The lowest BCUT2D eigenvalue weighted by atomic mass is 9.81. The van der Waals surface area contributed by atoms with Crippen LogP contribution < -0.4 is 0 Å². The van der Waals surface area contributed by atoms with Gasteiger partial charge in [0, 0.05) is 5.92 Å². The molecule has 0 aromatic heterocycles. The molecule has 0 radical (unpaired) electrons. The lowest BCUT2D eigenvalue weighted by molar-refractivity contribution is -0.0743. The minimum Gasteiger partial charge on any atom is -0.375 e. The van der Waals surface area contributed by atoms with Crippen molar-refractivity contribution in [2.75, 3.05) is 6.61 Å². The molecule has 0 N–H and O–H groups in total. The maximum Gasteiger partial charge on any atom is 0.0687 e. The van der Waals surface area contributed by atoms with Crippen LogP contribution in [0.1, 0.15) is 74.1 Å². The molecule has 0 amide bonds. The molecule has 0 spiro atoms. The Bertz CT molecular complexity index is 351. The van der Waals surface area contributed by atoms with E-state index < -0.39 is 0 Å². The van der Waals surface area contributed by atoms with E-state index >= 15 is 0 Å². The van der Waals surface area contributed by atoms with Crippen molar-refractivity contribution in [2.45, 2.75) is 91.5 Å². The van der Waals surface area contributed by atoms with E-state index in [-0.39, 0.29) is 11.2 Å². The third-order valence-corrected chi connectivity index (χ3v) is 5.57. The average molecular weight is 296 g/mol. The third kappa shape index (κ3) is 4.01. The molecule has 2 fully saturated rings. The SMILES string of the molecule is CC(C)CC1(C)CC(C2CC(C)C(C)(CC(C)C)O2)CO1. The first-order valence-corrected chi connectivity index (χ1v) is 8.95. The van der Waals surface area contributed by atoms with Gasteiger partial charge in [-0.15, -0.1) is 0 Å². The largest absolute Gasteiger partial charge is 0.375 e. The molecule has 5 atom stereocenters. The van der Waals surface area contributed by atoms with E-state index in [0.717, 1.165) is 13.0 Å². The van der Waals surface area contributed by atoms with Crippen molar-refractivity contribution in [3.8, 4) is 0 Å². The van der Waals surface area contributed by atoms with Gasteiger partial charge in [0.15, 0.2) is 0 Å². The van der Waals surface area contributed by atoms with Gasteiger partial charge < -0.3 is 9.47 Å². The van der Waals surface area contributed by atoms with Crippen LogP contribution in [0.3, 0.4) is 0 Å². The second-order valence-corrected chi connectivity index (χ2v) is 9.03. The van der Waals surface area contributed by atoms with E-state index in [0.29, 0.717) is 29.8 Å². The fourth-order valence-electron chi connectivity index (χ4n) is 4.68.